The fourth-order valence-corrected chi connectivity index (χ4v) is 4.25. The van der Waals surface area contributed by atoms with E-state index in [1.165, 1.54) is 0 Å². The molecule has 7 heteroatoms. The molecule has 1 saturated heterocycles. The summed E-state index contributed by atoms with van der Waals surface area (Å²) in [6.07, 6.45) is 4.17. The third kappa shape index (κ3) is 9.02. The fourth-order valence-electron chi connectivity index (χ4n) is 3.52. The number of rotatable bonds is 13. The summed E-state index contributed by atoms with van der Waals surface area (Å²) in [7, 11) is 0. The second-order valence-electron chi connectivity index (χ2n) is 8.71. The van der Waals surface area contributed by atoms with Crippen molar-refractivity contribution in [1.29, 1.82) is 0 Å². The van der Waals surface area contributed by atoms with Crippen molar-refractivity contribution in [3.63, 3.8) is 0 Å². The van der Waals surface area contributed by atoms with Gasteiger partial charge in [0.1, 0.15) is 5.03 Å². The highest BCUT2D eigenvalue weighted by molar-refractivity contribution is 8.14. The van der Waals surface area contributed by atoms with E-state index in [0.717, 1.165) is 23.8 Å². The Morgan fingerprint density at radius 2 is 2.06 bits per heavy atom. The van der Waals surface area contributed by atoms with E-state index in [2.05, 4.69) is 11.9 Å². The Kier molecular flexibility index (Phi) is 10.7. The number of aliphatic hydroxyl groups is 2. The molecular formula is C24H37NO5S. The zero-order valence-corrected chi connectivity index (χ0v) is 20.0. The molecule has 6 unspecified atom stereocenters. The largest absolute Gasteiger partial charge is 0.393 e. The van der Waals surface area contributed by atoms with Crippen molar-refractivity contribution in [3.8, 4) is 0 Å². The van der Waals surface area contributed by atoms with Crippen molar-refractivity contribution >= 4 is 16.9 Å². The molecule has 0 amide bonds. The zero-order chi connectivity index (χ0) is 23.0. The Morgan fingerprint density at radius 3 is 2.68 bits per heavy atom. The third-order valence-electron chi connectivity index (χ3n) is 5.71. The molecule has 1 fully saturated rings. The van der Waals surface area contributed by atoms with Crippen LogP contribution >= 0.6 is 11.8 Å². The van der Waals surface area contributed by atoms with Crippen LogP contribution in [0.15, 0.2) is 41.1 Å². The number of pyridine rings is 1. The summed E-state index contributed by atoms with van der Waals surface area (Å²) in [4.78, 5) is 16.4. The van der Waals surface area contributed by atoms with Gasteiger partial charge in [-0.3, -0.25) is 4.79 Å². The Bertz CT molecular complexity index is 711. The first-order chi connectivity index (χ1) is 14.7. The monoisotopic (exact) mass is 451 g/mol. The standard InChI is InChI=1S/C24H37NO5S/c1-6-19(27)20(11-15(2)13-23(28)31-22-9-7-8-10-25-22)29-14-16(3)12-21-24(30-21)17(4)18(5)26/h7-10,13,16-21,24,26-27H,6,11-12,14H2,1-5H3/b15-13+/t16?,17-,18?,19?,20?,21?,24?/m0/s1. The molecule has 0 aromatic carbocycles. The Labute approximate surface area is 190 Å². The van der Waals surface area contributed by atoms with Gasteiger partial charge in [-0.05, 0) is 69.0 Å². The molecule has 7 atom stereocenters. The number of nitrogens with zero attached hydrogens (tertiary/aromatic N) is 1. The van der Waals surface area contributed by atoms with Crippen LogP contribution in [0.2, 0.25) is 0 Å². The minimum absolute atomic E-state index is 0.0848. The fraction of sp³-hybridized carbons (Fsp3) is 0.667. The molecule has 1 aliphatic rings. The predicted molar refractivity (Wildman–Crippen MR) is 123 cm³/mol. The van der Waals surface area contributed by atoms with Crippen LogP contribution < -0.4 is 0 Å². The lowest BCUT2D eigenvalue weighted by Gasteiger charge is -2.24. The first-order valence-corrected chi connectivity index (χ1v) is 12.0. The van der Waals surface area contributed by atoms with Crippen LogP contribution in [-0.4, -0.2) is 57.4 Å². The molecule has 0 bridgehead atoms. The van der Waals surface area contributed by atoms with Gasteiger partial charge in [0.25, 0.3) is 0 Å². The van der Waals surface area contributed by atoms with Crippen molar-refractivity contribution < 1.29 is 24.5 Å². The molecule has 2 rings (SSSR count). The SMILES string of the molecule is CCC(O)C(C/C(C)=C/C(=O)Sc1ccccn1)OCC(C)CC1OC1[C@@H](C)C(C)O. The third-order valence-corrected chi connectivity index (χ3v) is 6.48. The molecule has 0 saturated carbocycles. The molecule has 0 aliphatic carbocycles. The summed E-state index contributed by atoms with van der Waals surface area (Å²) < 4.78 is 11.8. The topological polar surface area (TPSA) is 92.2 Å². The van der Waals surface area contributed by atoms with Crippen molar-refractivity contribution in [2.75, 3.05) is 6.61 Å². The molecule has 6 nitrogen and oxygen atoms in total. The van der Waals surface area contributed by atoms with Crippen molar-refractivity contribution in [2.24, 2.45) is 11.8 Å². The van der Waals surface area contributed by atoms with Gasteiger partial charge in [0.15, 0.2) is 0 Å². The number of epoxide rings is 1. The van der Waals surface area contributed by atoms with Gasteiger partial charge in [0.2, 0.25) is 5.12 Å². The van der Waals surface area contributed by atoms with Gasteiger partial charge < -0.3 is 19.7 Å². The van der Waals surface area contributed by atoms with E-state index in [4.69, 9.17) is 9.47 Å². The molecule has 1 aromatic rings. The maximum atomic E-state index is 12.3. The lowest BCUT2D eigenvalue weighted by molar-refractivity contribution is -0.107. The van der Waals surface area contributed by atoms with E-state index in [9.17, 15) is 15.0 Å². The minimum atomic E-state index is -0.589. The average Bonchev–Trinajstić information content (AvgIpc) is 3.49. The number of aromatic nitrogens is 1. The summed E-state index contributed by atoms with van der Waals surface area (Å²) in [6, 6.07) is 5.46. The van der Waals surface area contributed by atoms with E-state index >= 15 is 0 Å². The van der Waals surface area contributed by atoms with E-state index < -0.39 is 6.10 Å². The lowest BCUT2D eigenvalue weighted by atomic mass is 9.96. The summed E-state index contributed by atoms with van der Waals surface area (Å²) in [5, 5.41) is 20.7. The predicted octanol–water partition coefficient (Wildman–Crippen LogP) is 4.00. The van der Waals surface area contributed by atoms with E-state index in [1.54, 1.807) is 25.3 Å². The maximum absolute atomic E-state index is 12.3. The van der Waals surface area contributed by atoms with Crippen LogP contribution in [0.1, 0.15) is 53.9 Å². The smallest absolute Gasteiger partial charge is 0.218 e. The van der Waals surface area contributed by atoms with Crippen LogP contribution in [0.25, 0.3) is 0 Å². The summed E-state index contributed by atoms with van der Waals surface area (Å²) in [5.41, 5.74) is 0.870. The molecular weight excluding hydrogens is 414 g/mol. The quantitative estimate of drug-likeness (QED) is 0.266. The van der Waals surface area contributed by atoms with Gasteiger partial charge in [-0.15, -0.1) is 0 Å². The Balaban J connectivity index is 1.82. The van der Waals surface area contributed by atoms with Gasteiger partial charge in [-0.1, -0.05) is 32.4 Å². The van der Waals surface area contributed by atoms with Crippen LogP contribution in [0, 0.1) is 11.8 Å². The number of carbonyl (C=O) groups excluding carboxylic acids is 1. The van der Waals surface area contributed by atoms with Gasteiger partial charge >= 0.3 is 0 Å². The highest BCUT2D eigenvalue weighted by atomic mass is 32.2. The first-order valence-electron chi connectivity index (χ1n) is 11.1. The molecule has 174 valence electrons. The second-order valence-corrected chi connectivity index (χ2v) is 9.74. The molecule has 2 N–H and O–H groups in total. The molecule has 2 heterocycles. The van der Waals surface area contributed by atoms with E-state index in [0.29, 0.717) is 24.5 Å². The highest BCUT2D eigenvalue weighted by Crippen LogP contribution is 2.35. The van der Waals surface area contributed by atoms with Crippen molar-refractivity contribution in [3.05, 3.63) is 36.0 Å². The maximum Gasteiger partial charge on any atom is 0.218 e. The van der Waals surface area contributed by atoms with Crippen LogP contribution in [-0.2, 0) is 14.3 Å². The van der Waals surface area contributed by atoms with E-state index in [1.807, 2.05) is 32.9 Å². The molecule has 0 radical (unpaired) electrons. The highest BCUT2D eigenvalue weighted by Gasteiger charge is 2.44. The zero-order valence-electron chi connectivity index (χ0n) is 19.2. The number of hydrogen-bond donors (Lipinski definition) is 2. The van der Waals surface area contributed by atoms with Gasteiger partial charge in [-0.2, -0.15) is 0 Å². The molecule has 1 aliphatic heterocycles. The minimum Gasteiger partial charge on any atom is -0.393 e. The molecule has 1 aromatic heterocycles. The lowest BCUT2D eigenvalue weighted by Crippen LogP contribution is -2.31. The number of aliphatic hydroxyl groups excluding tert-OH is 2. The Morgan fingerprint density at radius 1 is 1.32 bits per heavy atom. The molecule has 31 heavy (non-hydrogen) atoms. The normalized spacial score (nSPS) is 23.6. The Hall–Kier alpha value is -1.25. The number of ether oxygens (including phenoxy) is 2. The number of carbonyl (C=O) groups is 1. The van der Waals surface area contributed by atoms with E-state index in [-0.39, 0.29) is 41.4 Å². The second kappa shape index (κ2) is 12.7. The van der Waals surface area contributed by atoms with Crippen LogP contribution in [0.5, 0.6) is 0 Å². The van der Waals surface area contributed by atoms with Crippen molar-refractivity contribution in [1.82, 2.24) is 4.98 Å². The number of hydrogen-bond acceptors (Lipinski definition) is 7. The summed E-state index contributed by atoms with van der Waals surface area (Å²) in [6.45, 7) is 10.2. The van der Waals surface area contributed by atoms with Gasteiger partial charge in [-0.25, -0.2) is 4.98 Å². The van der Waals surface area contributed by atoms with Gasteiger partial charge in [0, 0.05) is 18.7 Å². The summed E-state index contributed by atoms with van der Waals surface area (Å²) in [5.74, 6) is 0.399. The summed E-state index contributed by atoms with van der Waals surface area (Å²) >= 11 is 1.09. The average molecular weight is 452 g/mol. The number of thioether (sulfide) groups is 1. The van der Waals surface area contributed by atoms with Gasteiger partial charge in [0.05, 0.1) is 30.5 Å². The van der Waals surface area contributed by atoms with Crippen molar-refractivity contribution in [2.45, 2.75) is 89.4 Å². The first kappa shape index (κ1) is 26.0. The van der Waals surface area contributed by atoms with Crippen LogP contribution in [0.4, 0.5) is 0 Å². The van der Waals surface area contributed by atoms with Crippen LogP contribution in [0.3, 0.4) is 0 Å². The molecule has 0 spiro atoms.